The molecular formula is C23H21ClN2O3. The number of amides is 3. The Morgan fingerprint density at radius 1 is 1.00 bits per heavy atom. The van der Waals surface area contributed by atoms with Crippen LogP contribution in [0.5, 0.6) is 0 Å². The molecule has 4 atom stereocenters. The minimum absolute atomic E-state index is 0.120. The van der Waals surface area contributed by atoms with Crippen molar-refractivity contribution >= 4 is 35.0 Å². The van der Waals surface area contributed by atoms with Gasteiger partial charge in [-0.1, -0.05) is 41.9 Å². The standard InChI is InChI=1S/C23H21ClN2O3/c24-18-9-8-16(11-17(18)21(27)25-12-13-4-2-1-3-5-13)26-22(28)19-14-6-7-15(10-14)20(19)23(26)29/h1-5,8-9,11,14-15,19-20H,6-7,10,12H2,(H,25,27)/t14-,15-,19+,20+/m0/s1. The van der Waals surface area contributed by atoms with Gasteiger partial charge in [0.05, 0.1) is 28.1 Å². The lowest BCUT2D eigenvalue weighted by molar-refractivity contribution is -0.123. The first-order valence-electron chi connectivity index (χ1n) is 10.0. The predicted molar refractivity (Wildman–Crippen MR) is 109 cm³/mol. The summed E-state index contributed by atoms with van der Waals surface area (Å²) in [5.41, 5.74) is 1.67. The summed E-state index contributed by atoms with van der Waals surface area (Å²) in [5.74, 6) is -0.297. The van der Waals surface area contributed by atoms with Crippen LogP contribution in [-0.4, -0.2) is 17.7 Å². The molecule has 1 aliphatic heterocycles. The first-order chi connectivity index (χ1) is 14.0. The van der Waals surface area contributed by atoms with Gasteiger partial charge in [-0.25, -0.2) is 0 Å². The van der Waals surface area contributed by atoms with Crippen LogP contribution in [0.3, 0.4) is 0 Å². The molecule has 2 aliphatic carbocycles. The van der Waals surface area contributed by atoms with E-state index in [9.17, 15) is 14.4 Å². The van der Waals surface area contributed by atoms with Crippen LogP contribution in [0.1, 0.15) is 35.2 Å². The molecule has 0 unspecified atom stereocenters. The molecule has 29 heavy (non-hydrogen) atoms. The van der Waals surface area contributed by atoms with Crippen molar-refractivity contribution in [3.05, 3.63) is 64.7 Å². The third-order valence-electron chi connectivity index (χ3n) is 6.68. The molecule has 2 aromatic rings. The molecule has 1 saturated heterocycles. The lowest BCUT2D eigenvalue weighted by Gasteiger charge is -2.19. The maximum Gasteiger partial charge on any atom is 0.253 e. The van der Waals surface area contributed by atoms with Crippen LogP contribution in [0.25, 0.3) is 0 Å². The van der Waals surface area contributed by atoms with Gasteiger partial charge in [0, 0.05) is 6.54 Å². The van der Waals surface area contributed by atoms with Crippen molar-refractivity contribution in [3.63, 3.8) is 0 Å². The maximum absolute atomic E-state index is 13.0. The number of fused-ring (bicyclic) bond motifs is 5. The molecule has 3 aliphatic rings. The number of hydrogen-bond donors (Lipinski definition) is 1. The third kappa shape index (κ3) is 2.96. The van der Waals surface area contributed by atoms with Crippen LogP contribution >= 0.6 is 11.6 Å². The maximum atomic E-state index is 13.0. The van der Waals surface area contributed by atoms with E-state index >= 15 is 0 Å². The number of carbonyl (C=O) groups excluding carboxylic acids is 3. The van der Waals surface area contributed by atoms with Gasteiger partial charge >= 0.3 is 0 Å². The number of carbonyl (C=O) groups is 3. The molecule has 3 fully saturated rings. The van der Waals surface area contributed by atoms with Gasteiger partial charge in [-0.15, -0.1) is 0 Å². The number of anilines is 1. The fraction of sp³-hybridized carbons (Fsp3) is 0.348. The Kier molecular flexibility index (Phi) is 4.43. The minimum atomic E-state index is -0.333. The van der Waals surface area contributed by atoms with Crippen molar-refractivity contribution in [2.24, 2.45) is 23.7 Å². The van der Waals surface area contributed by atoms with Crippen LogP contribution in [0, 0.1) is 23.7 Å². The van der Waals surface area contributed by atoms with Crippen molar-refractivity contribution in [2.45, 2.75) is 25.8 Å². The smallest absolute Gasteiger partial charge is 0.253 e. The number of rotatable bonds is 4. The molecule has 5 rings (SSSR count). The number of nitrogens with one attached hydrogen (secondary N) is 1. The van der Waals surface area contributed by atoms with E-state index in [1.54, 1.807) is 18.2 Å². The Hall–Kier alpha value is -2.66. The van der Waals surface area contributed by atoms with Crippen molar-refractivity contribution < 1.29 is 14.4 Å². The quantitative estimate of drug-likeness (QED) is 0.782. The summed E-state index contributed by atoms with van der Waals surface area (Å²) in [4.78, 5) is 40.0. The third-order valence-corrected chi connectivity index (χ3v) is 7.01. The first kappa shape index (κ1) is 18.4. The van der Waals surface area contributed by atoms with E-state index in [2.05, 4.69) is 5.32 Å². The first-order valence-corrected chi connectivity index (χ1v) is 10.4. The molecule has 2 bridgehead atoms. The minimum Gasteiger partial charge on any atom is -0.348 e. The summed E-state index contributed by atoms with van der Waals surface area (Å²) in [7, 11) is 0. The summed E-state index contributed by atoms with van der Waals surface area (Å²) in [6, 6.07) is 14.4. The Labute approximate surface area is 174 Å². The summed E-state index contributed by atoms with van der Waals surface area (Å²) in [5, 5.41) is 3.14. The largest absolute Gasteiger partial charge is 0.348 e. The van der Waals surface area contributed by atoms with E-state index in [-0.39, 0.29) is 35.1 Å². The number of benzene rings is 2. The van der Waals surface area contributed by atoms with Gasteiger partial charge in [0.25, 0.3) is 5.91 Å². The molecule has 148 valence electrons. The van der Waals surface area contributed by atoms with Crippen molar-refractivity contribution in [3.8, 4) is 0 Å². The Morgan fingerprint density at radius 3 is 2.31 bits per heavy atom. The predicted octanol–water partition coefficient (Wildman–Crippen LogP) is 3.81. The van der Waals surface area contributed by atoms with Crippen LogP contribution in [-0.2, 0) is 16.1 Å². The average molecular weight is 409 g/mol. The van der Waals surface area contributed by atoms with Gasteiger partial charge in [-0.05, 0) is 54.9 Å². The van der Waals surface area contributed by atoms with E-state index < -0.39 is 0 Å². The zero-order valence-corrected chi connectivity index (χ0v) is 16.6. The molecule has 0 spiro atoms. The molecule has 2 aromatic carbocycles. The van der Waals surface area contributed by atoms with Crippen molar-refractivity contribution in [1.29, 1.82) is 0 Å². The van der Waals surface area contributed by atoms with E-state index in [0.29, 0.717) is 29.1 Å². The summed E-state index contributed by atoms with van der Waals surface area (Å²) in [6.07, 6.45) is 3.06. The van der Waals surface area contributed by atoms with E-state index in [1.165, 1.54) is 4.90 Å². The number of halogens is 1. The number of nitrogens with zero attached hydrogens (tertiary/aromatic N) is 1. The fourth-order valence-electron chi connectivity index (χ4n) is 5.36. The van der Waals surface area contributed by atoms with Crippen LogP contribution in [0.4, 0.5) is 5.69 Å². The van der Waals surface area contributed by atoms with E-state index in [1.807, 2.05) is 30.3 Å². The van der Waals surface area contributed by atoms with E-state index in [4.69, 9.17) is 11.6 Å². The van der Waals surface area contributed by atoms with Crippen LogP contribution in [0.15, 0.2) is 48.5 Å². The molecule has 1 N–H and O–H groups in total. The van der Waals surface area contributed by atoms with Gasteiger partial charge in [-0.3, -0.25) is 19.3 Å². The SMILES string of the molecule is O=C(NCc1ccccc1)c1cc(N2C(=O)[C@@H]3[C@H]4CC[C@@H](C4)[C@H]3C2=O)ccc1Cl. The zero-order valence-electron chi connectivity index (χ0n) is 15.8. The lowest BCUT2D eigenvalue weighted by atomic mass is 9.81. The van der Waals surface area contributed by atoms with Crippen molar-refractivity contribution in [2.75, 3.05) is 4.90 Å². The highest BCUT2D eigenvalue weighted by Crippen LogP contribution is 2.56. The number of hydrogen-bond acceptors (Lipinski definition) is 3. The molecule has 5 nitrogen and oxygen atoms in total. The zero-order chi connectivity index (χ0) is 20.1. The topological polar surface area (TPSA) is 66.5 Å². The second-order valence-electron chi connectivity index (χ2n) is 8.23. The second-order valence-corrected chi connectivity index (χ2v) is 8.64. The highest BCUT2D eigenvalue weighted by atomic mass is 35.5. The monoisotopic (exact) mass is 408 g/mol. The molecule has 1 heterocycles. The molecule has 3 amide bonds. The van der Waals surface area contributed by atoms with Crippen LogP contribution in [0.2, 0.25) is 5.02 Å². The van der Waals surface area contributed by atoms with Gasteiger partial charge in [0.15, 0.2) is 0 Å². The summed E-state index contributed by atoms with van der Waals surface area (Å²) >= 11 is 6.26. The second kappa shape index (κ2) is 6.99. The van der Waals surface area contributed by atoms with Crippen molar-refractivity contribution in [1.82, 2.24) is 5.32 Å². The van der Waals surface area contributed by atoms with Gasteiger partial charge in [-0.2, -0.15) is 0 Å². The highest BCUT2D eigenvalue weighted by Gasteiger charge is 2.61. The van der Waals surface area contributed by atoms with E-state index in [0.717, 1.165) is 24.8 Å². The molecular weight excluding hydrogens is 388 g/mol. The Balaban J connectivity index is 1.39. The highest BCUT2D eigenvalue weighted by molar-refractivity contribution is 6.34. The normalized spacial score (nSPS) is 27.4. The van der Waals surface area contributed by atoms with Gasteiger partial charge in [0.1, 0.15) is 0 Å². The number of imide groups is 1. The Bertz CT molecular complexity index is 978. The molecule has 0 aromatic heterocycles. The summed E-state index contributed by atoms with van der Waals surface area (Å²) < 4.78 is 0. The average Bonchev–Trinajstić information content (AvgIpc) is 3.41. The molecule has 0 radical (unpaired) electrons. The molecule has 6 heteroatoms. The summed E-state index contributed by atoms with van der Waals surface area (Å²) in [6.45, 7) is 0.370. The van der Waals surface area contributed by atoms with Gasteiger partial charge < -0.3 is 5.32 Å². The molecule has 2 saturated carbocycles. The Morgan fingerprint density at radius 2 is 1.66 bits per heavy atom. The van der Waals surface area contributed by atoms with Gasteiger partial charge in [0.2, 0.25) is 11.8 Å². The van der Waals surface area contributed by atoms with Crippen LogP contribution < -0.4 is 10.2 Å². The lowest BCUT2D eigenvalue weighted by Crippen LogP contribution is -2.33. The fourth-order valence-corrected chi connectivity index (χ4v) is 5.57.